The first-order valence-corrected chi connectivity index (χ1v) is 5.77. The van der Waals surface area contributed by atoms with Gasteiger partial charge in [-0.15, -0.1) is 0 Å². The number of esters is 1. The largest absolute Gasteiger partial charge is 0.466 e. The second-order valence-corrected chi connectivity index (χ2v) is 3.97. The van der Waals surface area contributed by atoms with Crippen LogP contribution >= 0.6 is 0 Å². The lowest BCUT2D eigenvalue weighted by molar-refractivity contribution is -0.145. The predicted octanol–water partition coefficient (Wildman–Crippen LogP) is 2.73. The van der Waals surface area contributed by atoms with E-state index in [4.69, 9.17) is 4.74 Å². The Balaban J connectivity index is 3.68. The van der Waals surface area contributed by atoms with Crippen LogP contribution < -0.4 is 0 Å². The second-order valence-electron chi connectivity index (χ2n) is 3.97. The van der Waals surface area contributed by atoms with Crippen molar-refractivity contribution in [2.24, 2.45) is 5.92 Å². The first-order chi connectivity index (χ1) is 7.10. The summed E-state index contributed by atoms with van der Waals surface area (Å²) in [6, 6.07) is 0. The molecule has 0 N–H and O–H groups in total. The molecule has 1 atom stereocenters. The summed E-state index contributed by atoms with van der Waals surface area (Å²) >= 11 is 0. The first-order valence-electron chi connectivity index (χ1n) is 5.77. The van der Waals surface area contributed by atoms with E-state index >= 15 is 0 Å². The maximum atomic E-state index is 11.4. The van der Waals surface area contributed by atoms with Crippen molar-refractivity contribution >= 4 is 11.8 Å². The molecule has 0 aromatic carbocycles. The number of Topliss-reactive ketones (excluding diaryl/α,β-unsaturated/α-hetero) is 1. The predicted molar refractivity (Wildman–Crippen MR) is 59.6 cm³/mol. The van der Waals surface area contributed by atoms with E-state index in [9.17, 15) is 9.59 Å². The number of ketones is 1. The lowest BCUT2D eigenvalue weighted by Crippen LogP contribution is -2.13. The Morgan fingerprint density at radius 3 is 2.47 bits per heavy atom. The monoisotopic (exact) mass is 214 g/mol. The molecule has 0 fully saturated rings. The Bertz CT molecular complexity index is 199. The molecule has 0 radical (unpaired) electrons. The van der Waals surface area contributed by atoms with E-state index in [0.29, 0.717) is 18.9 Å². The highest BCUT2D eigenvalue weighted by molar-refractivity contribution is 5.95. The zero-order valence-corrected chi connectivity index (χ0v) is 10.0. The number of ether oxygens (including phenoxy) is 1. The van der Waals surface area contributed by atoms with Crippen LogP contribution in [0.25, 0.3) is 0 Å². The van der Waals surface area contributed by atoms with Gasteiger partial charge in [0.15, 0.2) is 0 Å². The van der Waals surface area contributed by atoms with Crippen molar-refractivity contribution in [2.75, 3.05) is 6.61 Å². The van der Waals surface area contributed by atoms with Gasteiger partial charge < -0.3 is 4.74 Å². The molecule has 0 unspecified atom stereocenters. The van der Waals surface area contributed by atoms with Crippen molar-refractivity contribution in [3.05, 3.63) is 0 Å². The summed E-state index contributed by atoms with van der Waals surface area (Å²) in [5, 5.41) is 0. The van der Waals surface area contributed by atoms with Crippen LogP contribution in [0.15, 0.2) is 0 Å². The van der Waals surface area contributed by atoms with Gasteiger partial charge in [-0.1, -0.05) is 33.1 Å². The summed E-state index contributed by atoms with van der Waals surface area (Å²) in [6.45, 7) is 6.27. The lowest BCUT2D eigenvalue weighted by atomic mass is 9.97. The van der Waals surface area contributed by atoms with Crippen LogP contribution in [0.1, 0.15) is 52.9 Å². The fourth-order valence-corrected chi connectivity index (χ4v) is 1.49. The molecule has 3 nitrogen and oxygen atoms in total. The fraction of sp³-hybridized carbons (Fsp3) is 0.833. The number of unbranched alkanes of at least 4 members (excludes halogenated alkanes) is 1. The highest BCUT2D eigenvalue weighted by atomic mass is 16.5. The van der Waals surface area contributed by atoms with Crippen LogP contribution in [-0.4, -0.2) is 18.4 Å². The third-order valence-corrected chi connectivity index (χ3v) is 2.27. The first kappa shape index (κ1) is 14.1. The molecule has 0 saturated heterocycles. The lowest BCUT2D eigenvalue weighted by Gasteiger charge is -2.09. The van der Waals surface area contributed by atoms with Crippen molar-refractivity contribution in [3.63, 3.8) is 0 Å². The molecule has 3 heteroatoms. The molecule has 0 amide bonds. The van der Waals surface area contributed by atoms with Crippen LogP contribution in [0.2, 0.25) is 0 Å². The van der Waals surface area contributed by atoms with Crippen molar-refractivity contribution in [3.8, 4) is 0 Å². The van der Waals surface area contributed by atoms with Gasteiger partial charge in [0, 0.05) is 6.42 Å². The van der Waals surface area contributed by atoms with Gasteiger partial charge in [0.05, 0.1) is 6.61 Å². The molecule has 0 aliphatic heterocycles. The van der Waals surface area contributed by atoms with Gasteiger partial charge >= 0.3 is 5.97 Å². The van der Waals surface area contributed by atoms with Crippen LogP contribution in [0.4, 0.5) is 0 Å². The standard InChI is InChI=1S/C12H22O3/c1-4-6-7-10(3)8-11(13)9-12(14)15-5-2/h10H,4-9H2,1-3H3/t10-/m1/s1. The number of carbonyl (C=O) groups is 2. The van der Waals surface area contributed by atoms with Crippen LogP contribution in [0.5, 0.6) is 0 Å². The van der Waals surface area contributed by atoms with Gasteiger partial charge in [-0.3, -0.25) is 9.59 Å². The van der Waals surface area contributed by atoms with Gasteiger partial charge in [0.2, 0.25) is 0 Å². The maximum Gasteiger partial charge on any atom is 0.313 e. The van der Waals surface area contributed by atoms with E-state index in [-0.39, 0.29) is 12.2 Å². The van der Waals surface area contributed by atoms with Crippen molar-refractivity contribution in [1.82, 2.24) is 0 Å². The van der Waals surface area contributed by atoms with Gasteiger partial charge in [-0.2, -0.15) is 0 Å². The molecule has 88 valence electrons. The van der Waals surface area contributed by atoms with Crippen LogP contribution in [0.3, 0.4) is 0 Å². The minimum absolute atomic E-state index is 0.00273. The summed E-state index contributed by atoms with van der Waals surface area (Å²) in [7, 11) is 0. The summed E-state index contributed by atoms with van der Waals surface area (Å²) in [6.07, 6.45) is 3.79. The molecular formula is C12H22O3. The third-order valence-electron chi connectivity index (χ3n) is 2.27. The van der Waals surface area contributed by atoms with Crippen LogP contribution in [0, 0.1) is 5.92 Å². The van der Waals surface area contributed by atoms with E-state index in [2.05, 4.69) is 13.8 Å². The summed E-state index contributed by atoms with van der Waals surface area (Å²) in [4.78, 5) is 22.4. The molecular weight excluding hydrogens is 192 g/mol. The number of rotatable bonds is 8. The average Bonchev–Trinajstić information content (AvgIpc) is 2.14. The highest BCUT2D eigenvalue weighted by Gasteiger charge is 2.13. The Kier molecular flexibility index (Phi) is 7.96. The highest BCUT2D eigenvalue weighted by Crippen LogP contribution is 2.13. The third kappa shape index (κ3) is 8.16. The normalized spacial score (nSPS) is 12.2. The van der Waals surface area contributed by atoms with Gasteiger partial charge in [0.1, 0.15) is 12.2 Å². The molecule has 0 aromatic heterocycles. The maximum absolute atomic E-state index is 11.4. The molecule has 0 rings (SSSR count). The van der Waals surface area contributed by atoms with Gasteiger partial charge in [-0.05, 0) is 12.8 Å². The zero-order chi connectivity index (χ0) is 11.7. The summed E-state index contributed by atoms with van der Waals surface area (Å²) in [5.41, 5.74) is 0. The Labute approximate surface area is 92.2 Å². The SMILES string of the molecule is CCCC[C@@H](C)CC(=O)CC(=O)OCC. The smallest absolute Gasteiger partial charge is 0.313 e. The topological polar surface area (TPSA) is 43.4 Å². The average molecular weight is 214 g/mol. The van der Waals surface area contributed by atoms with E-state index in [1.165, 1.54) is 0 Å². The molecule has 0 aliphatic rings. The number of hydrogen-bond donors (Lipinski definition) is 0. The Morgan fingerprint density at radius 1 is 1.27 bits per heavy atom. The summed E-state index contributed by atoms with van der Waals surface area (Å²) in [5.74, 6) is -0.0193. The molecule has 0 heterocycles. The second kappa shape index (κ2) is 8.45. The van der Waals surface area contributed by atoms with E-state index in [0.717, 1.165) is 19.3 Å². The van der Waals surface area contributed by atoms with Crippen molar-refractivity contribution in [1.29, 1.82) is 0 Å². The molecule has 15 heavy (non-hydrogen) atoms. The minimum Gasteiger partial charge on any atom is -0.466 e. The molecule has 0 aromatic rings. The molecule has 0 aliphatic carbocycles. The van der Waals surface area contributed by atoms with Gasteiger partial charge in [0.25, 0.3) is 0 Å². The van der Waals surface area contributed by atoms with E-state index in [1.54, 1.807) is 6.92 Å². The Hall–Kier alpha value is -0.860. The van der Waals surface area contributed by atoms with E-state index in [1.807, 2.05) is 0 Å². The molecule has 0 spiro atoms. The summed E-state index contributed by atoms with van der Waals surface area (Å²) < 4.78 is 4.72. The van der Waals surface area contributed by atoms with Crippen molar-refractivity contribution < 1.29 is 14.3 Å². The zero-order valence-electron chi connectivity index (χ0n) is 10.0. The van der Waals surface area contributed by atoms with Crippen molar-refractivity contribution in [2.45, 2.75) is 52.9 Å². The fourth-order valence-electron chi connectivity index (χ4n) is 1.49. The minimum atomic E-state index is -0.398. The molecule has 0 bridgehead atoms. The van der Waals surface area contributed by atoms with Gasteiger partial charge in [-0.25, -0.2) is 0 Å². The quantitative estimate of drug-likeness (QED) is 0.461. The van der Waals surface area contributed by atoms with Crippen LogP contribution in [-0.2, 0) is 14.3 Å². The number of hydrogen-bond acceptors (Lipinski definition) is 3. The number of carbonyl (C=O) groups excluding carboxylic acids is 2. The molecule has 0 saturated carbocycles. The van der Waals surface area contributed by atoms with E-state index < -0.39 is 5.97 Å². The Morgan fingerprint density at radius 2 is 1.93 bits per heavy atom.